The molecule has 2 N–H and O–H groups in total. The number of quaternary nitrogens is 1. The summed E-state index contributed by atoms with van der Waals surface area (Å²) in [7, 11) is -4.00. The lowest BCUT2D eigenvalue weighted by Crippen LogP contribution is -2.66. The van der Waals surface area contributed by atoms with E-state index in [1.165, 1.54) is 12.1 Å². The number of amides is 2. The average Bonchev–Trinajstić information content (AvgIpc) is 2.51. The molecule has 0 atom stereocenters. The molecule has 0 saturated carbocycles. The van der Waals surface area contributed by atoms with E-state index in [4.69, 9.17) is 5.14 Å². The summed E-state index contributed by atoms with van der Waals surface area (Å²) in [5, 5.41) is 5.11. The first kappa shape index (κ1) is 14.8. The lowest BCUT2D eigenvalue weighted by Gasteiger charge is -2.39. The Morgan fingerprint density at radius 3 is 1.75 bits per heavy atom. The van der Waals surface area contributed by atoms with E-state index < -0.39 is 37.7 Å². The molecule has 0 saturated heterocycles. The van der Waals surface area contributed by atoms with Crippen LogP contribution in [0.2, 0.25) is 0 Å². The van der Waals surface area contributed by atoms with Gasteiger partial charge in [0.05, 0.1) is 11.1 Å². The molecule has 0 aromatic heterocycles. The summed E-state index contributed by atoms with van der Waals surface area (Å²) < 4.78 is 22.2. The lowest BCUT2D eigenvalue weighted by atomic mass is 10.0. The topological polar surface area (TPSA) is 94.3 Å². The smallest absolute Gasteiger partial charge is 0.225 e. The van der Waals surface area contributed by atoms with Crippen LogP contribution in [-0.2, 0) is 10.0 Å². The number of nitrogens with two attached hydrogens (primary N) is 1. The average molecular weight is 297 g/mol. The first-order chi connectivity index (χ1) is 9.01. The Balaban J connectivity index is 2.74. The highest BCUT2D eigenvalue weighted by molar-refractivity contribution is 7.88. The Kier molecular flexibility index (Phi) is 3.12. The molecule has 7 heteroatoms. The van der Waals surface area contributed by atoms with Crippen LogP contribution < -0.4 is 5.14 Å². The largest absolute Gasteiger partial charge is 0.355 e. The number of carbonyl (C=O) groups is 2. The van der Waals surface area contributed by atoms with Crippen molar-refractivity contribution in [3.8, 4) is 0 Å². The zero-order chi connectivity index (χ0) is 15.3. The fraction of sp³-hybridized carbons (Fsp3) is 0.385. The molecule has 0 spiro atoms. The zero-order valence-electron chi connectivity index (χ0n) is 11.6. The minimum atomic E-state index is -4.00. The zero-order valence-corrected chi connectivity index (χ0v) is 12.4. The number of sulfonamides is 1. The van der Waals surface area contributed by atoms with Gasteiger partial charge >= 0.3 is 11.8 Å². The number of primary sulfonamides is 1. The van der Waals surface area contributed by atoms with Gasteiger partial charge in [-0.05, 0) is 32.9 Å². The van der Waals surface area contributed by atoms with Crippen molar-refractivity contribution in [2.24, 2.45) is 5.14 Å². The number of carbonyl (C=O) groups excluding carboxylic acids is 2. The van der Waals surface area contributed by atoms with Crippen LogP contribution in [-0.4, -0.2) is 36.1 Å². The van der Waals surface area contributed by atoms with Gasteiger partial charge in [0, 0.05) is 0 Å². The van der Waals surface area contributed by atoms with E-state index in [1.54, 1.807) is 32.9 Å². The third-order valence-corrected chi connectivity index (χ3v) is 4.35. The minimum Gasteiger partial charge on any atom is -0.225 e. The predicted molar refractivity (Wildman–Crippen MR) is 73.1 cm³/mol. The van der Waals surface area contributed by atoms with E-state index in [2.05, 4.69) is 0 Å². The summed E-state index contributed by atoms with van der Waals surface area (Å²) in [5.41, 5.74) is -0.424. The molecule has 1 aliphatic rings. The van der Waals surface area contributed by atoms with Crippen LogP contribution in [0.5, 0.6) is 0 Å². The number of rotatable bonds is 2. The van der Waals surface area contributed by atoms with E-state index in [-0.39, 0.29) is 11.1 Å². The van der Waals surface area contributed by atoms with Gasteiger partial charge in [-0.3, -0.25) is 0 Å². The van der Waals surface area contributed by atoms with Crippen LogP contribution in [0.3, 0.4) is 0 Å². The number of hydrogen-bond donors (Lipinski definition) is 1. The van der Waals surface area contributed by atoms with Gasteiger partial charge in [-0.15, -0.1) is 0 Å². The van der Waals surface area contributed by atoms with Gasteiger partial charge in [0.2, 0.25) is 5.88 Å². The number of hydrogen-bond acceptors (Lipinski definition) is 4. The predicted octanol–water partition coefficient (Wildman–Crippen LogP) is 0.842. The molecule has 20 heavy (non-hydrogen) atoms. The second-order valence-corrected chi connectivity index (χ2v) is 7.51. The quantitative estimate of drug-likeness (QED) is 0.646. The van der Waals surface area contributed by atoms with E-state index in [0.717, 1.165) is 0 Å². The normalized spacial score (nSPS) is 18.2. The van der Waals surface area contributed by atoms with Crippen LogP contribution in [0.25, 0.3) is 0 Å². The summed E-state index contributed by atoms with van der Waals surface area (Å²) >= 11 is 0. The molecule has 2 rings (SSSR count). The van der Waals surface area contributed by atoms with Crippen molar-refractivity contribution in [3.63, 3.8) is 0 Å². The maximum Gasteiger partial charge on any atom is 0.355 e. The van der Waals surface area contributed by atoms with Crippen molar-refractivity contribution in [2.75, 3.05) is 5.88 Å². The molecule has 6 nitrogen and oxygen atoms in total. The maximum absolute atomic E-state index is 12.7. The van der Waals surface area contributed by atoms with E-state index in [9.17, 15) is 18.0 Å². The van der Waals surface area contributed by atoms with Gasteiger partial charge in [-0.25, -0.2) is 23.1 Å². The Hall–Kier alpha value is -1.57. The molecule has 1 aromatic rings. The van der Waals surface area contributed by atoms with Gasteiger partial charge in [-0.2, -0.15) is 4.48 Å². The Bertz CT molecular complexity index is 666. The molecule has 0 fully saturated rings. The summed E-state index contributed by atoms with van der Waals surface area (Å²) in [5.74, 6) is -1.78. The minimum absolute atomic E-state index is 0.246. The number of fused-ring (bicyclic) bond motifs is 1. The molecule has 0 unspecified atom stereocenters. The van der Waals surface area contributed by atoms with E-state index >= 15 is 0 Å². The molecule has 0 aliphatic carbocycles. The molecule has 0 radical (unpaired) electrons. The first-order valence-electron chi connectivity index (χ1n) is 6.08. The molecule has 108 valence electrons. The van der Waals surface area contributed by atoms with Crippen LogP contribution in [0.15, 0.2) is 24.3 Å². The molecular formula is C13H17N2O4S+. The van der Waals surface area contributed by atoms with Gasteiger partial charge in [0.1, 0.15) is 5.54 Å². The lowest BCUT2D eigenvalue weighted by molar-refractivity contribution is -0.802. The summed E-state index contributed by atoms with van der Waals surface area (Å²) in [6.45, 7) is 4.96. The number of nitrogens with zero attached hydrogens (tertiary/aromatic N) is 1. The SMILES string of the molecule is CC(C)(C)[N+]1(CS(N)(=O)=O)C(=O)c2ccccc2C1=O. The standard InChI is InChI=1S/C13H17N2O4S/c1-13(2,3)15(8-20(14,18)19)11(16)9-6-4-5-7-10(9)12(15)17/h4-7H,8H2,1-3H3,(H2,14,18,19)/q+1. The van der Waals surface area contributed by atoms with Gasteiger partial charge in [0.15, 0.2) is 0 Å². The third kappa shape index (κ3) is 1.98. The van der Waals surface area contributed by atoms with Gasteiger partial charge in [0.25, 0.3) is 10.0 Å². The molecule has 1 heterocycles. The van der Waals surface area contributed by atoms with Crippen LogP contribution in [0, 0.1) is 0 Å². The molecule has 0 bridgehead atoms. The second kappa shape index (κ2) is 4.21. The fourth-order valence-corrected chi connectivity index (χ4v) is 3.71. The summed E-state index contributed by atoms with van der Waals surface area (Å²) in [6, 6.07) is 6.35. The van der Waals surface area contributed by atoms with Crippen LogP contribution in [0.4, 0.5) is 0 Å². The Morgan fingerprint density at radius 1 is 1.05 bits per heavy atom. The number of benzene rings is 1. The molecule has 1 aromatic carbocycles. The van der Waals surface area contributed by atoms with Gasteiger partial charge < -0.3 is 0 Å². The monoisotopic (exact) mass is 297 g/mol. The highest BCUT2D eigenvalue weighted by atomic mass is 32.2. The maximum atomic E-state index is 12.7. The Labute approximate surface area is 117 Å². The molecule has 2 amide bonds. The third-order valence-electron chi connectivity index (χ3n) is 3.60. The van der Waals surface area contributed by atoms with Crippen molar-refractivity contribution in [1.82, 2.24) is 0 Å². The van der Waals surface area contributed by atoms with Crippen molar-refractivity contribution < 1.29 is 22.5 Å². The van der Waals surface area contributed by atoms with Crippen LogP contribution in [0.1, 0.15) is 41.5 Å². The second-order valence-electron chi connectivity index (χ2n) is 5.93. The summed E-state index contributed by atoms with van der Waals surface area (Å²) in [4.78, 5) is 25.4. The van der Waals surface area contributed by atoms with Crippen molar-refractivity contribution >= 4 is 21.8 Å². The van der Waals surface area contributed by atoms with E-state index in [1.807, 2.05) is 0 Å². The summed E-state index contributed by atoms with van der Waals surface area (Å²) in [6.07, 6.45) is 0. The molecule has 1 aliphatic heterocycles. The fourth-order valence-electron chi connectivity index (χ4n) is 2.55. The number of imide groups is 1. The Morgan fingerprint density at radius 2 is 1.45 bits per heavy atom. The van der Waals surface area contributed by atoms with Crippen LogP contribution >= 0.6 is 0 Å². The highest BCUT2D eigenvalue weighted by Gasteiger charge is 2.61. The van der Waals surface area contributed by atoms with E-state index in [0.29, 0.717) is 0 Å². The van der Waals surface area contributed by atoms with Crippen molar-refractivity contribution in [3.05, 3.63) is 35.4 Å². The highest BCUT2D eigenvalue weighted by Crippen LogP contribution is 2.38. The molecular weight excluding hydrogens is 280 g/mol. The first-order valence-corrected chi connectivity index (χ1v) is 7.80. The van der Waals surface area contributed by atoms with Gasteiger partial charge in [-0.1, -0.05) is 12.1 Å². The van der Waals surface area contributed by atoms with Crippen molar-refractivity contribution in [2.45, 2.75) is 26.3 Å². The van der Waals surface area contributed by atoms with Crippen molar-refractivity contribution in [1.29, 1.82) is 0 Å².